The van der Waals surface area contributed by atoms with Gasteiger partial charge in [-0.25, -0.2) is 19.4 Å². The number of alkyl carbamates (subject to hydrolysis) is 1. The zero-order chi connectivity index (χ0) is 34.6. The number of pyridine rings is 1. The van der Waals surface area contributed by atoms with Gasteiger partial charge in [0.1, 0.15) is 11.3 Å². The maximum atomic E-state index is 13.1. The number of rotatable bonds is 5. The number of carbonyl (C=O) groups is 1. The number of nitrogens with zero attached hydrogens (tertiary/aromatic N) is 7. The highest BCUT2D eigenvalue weighted by molar-refractivity contribution is 5.89. The van der Waals surface area contributed by atoms with Crippen molar-refractivity contribution in [2.45, 2.75) is 103 Å². The molecule has 3 aliphatic heterocycles. The quantitative estimate of drug-likeness (QED) is 0.242. The number of hydrogen-bond donors (Lipinski definition) is 2. The van der Waals surface area contributed by atoms with Gasteiger partial charge < -0.3 is 29.7 Å². The molecule has 1 amide bonds. The Hall–Kier alpha value is -4.29. The Balaban J connectivity index is 1.15. The zero-order valence-electron chi connectivity index (χ0n) is 29.6. The first-order chi connectivity index (χ1) is 24.1. The number of ether oxygens (including phenoxy) is 2. The molecule has 2 unspecified atom stereocenters. The fraction of sp³-hybridized carbons (Fsp3) is 0.553. The molecule has 4 aromatic rings. The van der Waals surface area contributed by atoms with E-state index in [9.17, 15) is 9.90 Å². The summed E-state index contributed by atoms with van der Waals surface area (Å²) in [5, 5.41) is 19.6. The molecular weight excluding hydrogens is 632 g/mol. The van der Waals surface area contributed by atoms with Crippen molar-refractivity contribution >= 4 is 34.6 Å². The number of anilines is 3. The molecule has 12 nitrogen and oxygen atoms in total. The Kier molecular flexibility index (Phi) is 8.42. The van der Waals surface area contributed by atoms with E-state index in [1.807, 2.05) is 43.8 Å². The van der Waals surface area contributed by atoms with E-state index >= 15 is 0 Å². The summed E-state index contributed by atoms with van der Waals surface area (Å²) in [7, 11) is 0. The van der Waals surface area contributed by atoms with Crippen LogP contribution in [0.3, 0.4) is 0 Å². The molecule has 0 saturated carbocycles. The van der Waals surface area contributed by atoms with E-state index in [-0.39, 0.29) is 17.7 Å². The normalized spacial score (nSPS) is 22.3. The predicted molar refractivity (Wildman–Crippen MR) is 190 cm³/mol. The van der Waals surface area contributed by atoms with Crippen molar-refractivity contribution in [3.8, 4) is 0 Å². The highest BCUT2D eigenvalue weighted by atomic mass is 16.6. The Morgan fingerprint density at radius 2 is 1.88 bits per heavy atom. The molecule has 12 heteroatoms. The van der Waals surface area contributed by atoms with Gasteiger partial charge in [-0.15, -0.1) is 5.10 Å². The summed E-state index contributed by atoms with van der Waals surface area (Å²) in [6.07, 6.45) is 7.71. The molecule has 50 heavy (non-hydrogen) atoms. The third kappa shape index (κ3) is 5.96. The number of fused-ring (bicyclic) bond motifs is 3. The lowest BCUT2D eigenvalue weighted by Crippen LogP contribution is -2.48. The predicted octanol–water partition coefficient (Wildman–Crippen LogP) is 6.47. The largest absolute Gasteiger partial charge is 0.444 e. The Labute approximate surface area is 293 Å². The van der Waals surface area contributed by atoms with Gasteiger partial charge in [-0.2, -0.15) is 0 Å². The van der Waals surface area contributed by atoms with Crippen LogP contribution in [-0.2, 0) is 22.3 Å². The molecule has 264 valence electrons. The fourth-order valence-electron chi connectivity index (χ4n) is 8.44. The molecule has 0 radical (unpaired) electrons. The van der Waals surface area contributed by atoms with Crippen LogP contribution in [-0.4, -0.2) is 67.8 Å². The van der Waals surface area contributed by atoms with Crippen LogP contribution < -0.4 is 15.1 Å². The average Bonchev–Trinajstić information content (AvgIpc) is 3.62. The molecule has 1 aliphatic carbocycles. The van der Waals surface area contributed by atoms with Gasteiger partial charge in [0.2, 0.25) is 0 Å². The average molecular weight is 681 g/mol. The van der Waals surface area contributed by atoms with E-state index in [4.69, 9.17) is 24.5 Å². The van der Waals surface area contributed by atoms with Crippen LogP contribution in [0.1, 0.15) is 107 Å². The number of aliphatic hydroxyl groups excluding tert-OH is 1. The van der Waals surface area contributed by atoms with Crippen LogP contribution in [0.5, 0.6) is 0 Å². The first kappa shape index (κ1) is 32.9. The second-order valence-electron chi connectivity index (χ2n) is 15.4. The van der Waals surface area contributed by atoms with Crippen molar-refractivity contribution in [3.05, 3.63) is 65.1 Å². The number of aliphatic hydroxyl groups is 1. The highest BCUT2D eigenvalue weighted by Gasteiger charge is 2.49. The van der Waals surface area contributed by atoms with Gasteiger partial charge in [0, 0.05) is 37.9 Å². The molecule has 3 atom stereocenters. The number of piperidine rings is 1. The highest BCUT2D eigenvalue weighted by Crippen LogP contribution is 2.52. The standard InChI is InChI=1S/C38H48N8O4/c1-24(47)30-33(44-20-16-38(17-21-44)23-25-11-5-6-12-26(25)32(38)41-36(48)50-37(2,3)4)42-34-31(40-30)35(43-46(34)29-15-7-8-22-49-29)45-19-10-13-27-28(45)14-9-18-39-27/h5-6,9,11-12,14,18,24,29,32,47H,7-8,10,13,15-17,19-23H2,1-4H3,(H,41,48)/t24?,29?,32-/m1/s1. The topological polar surface area (TPSA) is 131 Å². The first-order valence-electron chi connectivity index (χ1n) is 18.2. The summed E-state index contributed by atoms with van der Waals surface area (Å²) in [4.78, 5) is 32.7. The van der Waals surface area contributed by atoms with Gasteiger partial charge in [0.05, 0.1) is 23.5 Å². The lowest BCUT2D eigenvalue weighted by atomic mass is 9.72. The molecule has 1 spiro atoms. The number of aryl methyl sites for hydroxylation is 1. The number of nitrogens with one attached hydrogen (secondary N) is 1. The van der Waals surface area contributed by atoms with Crippen LogP contribution in [0.4, 0.5) is 22.1 Å². The molecule has 0 bridgehead atoms. The Bertz CT molecular complexity index is 1890. The van der Waals surface area contributed by atoms with Crippen LogP contribution >= 0.6 is 0 Å². The third-order valence-corrected chi connectivity index (χ3v) is 10.8. The van der Waals surface area contributed by atoms with Crippen molar-refractivity contribution in [3.63, 3.8) is 0 Å². The minimum Gasteiger partial charge on any atom is -0.444 e. The summed E-state index contributed by atoms with van der Waals surface area (Å²) in [6.45, 7) is 10.3. The van der Waals surface area contributed by atoms with Gasteiger partial charge in [0.25, 0.3) is 0 Å². The molecule has 1 aromatic carbocycles. The number of aromatic nitrogens is 5. The van der Waals surface area contributed by atoms with Crippen molar-refractivity contribution in [1.29, 1.82) is 0 Å². The second kappa shape index (κ2) is 12.8. The maximum Gasteiger partial charge on any atom is 0.408 e. The van der Waals surface area contributed by atoms with Crippen LogP contribution in [0, 0.1) is 5.41 Å². The van der Waals surface area contributed by atoms with Crippen molar-refractivity contribution in [2.24, 2.45) is 5.41 Å². The number of hydrogen-bond acceptors (Lipinski definition) is 10. The number of amides is 1. The van der Waals surface area contributed by atoms with E-state index in [2.05, 4.69) is 44.4 Å². The molecule has 2 N–H and O–H groups in total. The molecule has 2 saturated heterocycles. The summed E-state index contributed by atoms with van der Waals surface area (Å²) < 4.78 is 13.9. The monoisotopic (exact) mass is 680 g/mol. The first-order valence-corrected chi connectivity index (χ1v) is 18.2. The number of benzene rings is 1. The van der Waals surface area contributed by atoms with Gasteiger partial charge >= 0.3 is 6.09 Å². The summed E-state index contributed by atoms with van der Waals surface area (Å²) in [5.41, 5.74) is 5.64. The molecule has 8 rings (SSSR count). The zero-order valence-corrected chi connectivity index (χ0v) is 29.6. The smallest absolute Gasteiger partial charge is 0.408 e. The SMILES string of the molecule is CC(O)c1nc2c(N3CCCc4ncccc43)nn(C3CCCCO3)c2nc1N1CCC2(CC1)Cc1ccccc1[C@H]2NC(=O)OC(C)(C)C. The van der Waals surface area contributed by atoms with Gasteiger partial charge in [-0.1, -0.05) is 24.3 Å². The van der Waals surface area contributed by atoms with E-state index < -0.39 is 17.8 Å². The van der Waals surface area contributed by atoms with Crippen LogP contribution in [0.15, 0.2) is 42.6 Å². The molecular formula is C38H48N8O4. The number of carbonyl (C=O) groups excluding carboxylic acids is 1. The van der Waals surface area contributed by atoms with Gasteiger partial charge in [-0.3, -0.25) is 4.98 Å². The summed E-state index contributed by atoms with van der Waals surface area (Å²) >= 11 is 0. The van der Waals surface area contributed by atoms with Crippen molar-refractivity contribution in [1.82, 2.24) is 30.0 Å². The van der Waals surface area contributed by atoms with Crippen molar-refractivity contribution in [2.75, 3.05) is 36.0 Å². The molecule has 2 fully saturated rings. The minimum atomic E-state index is -0.840. The lowest BCUT2D eigenvalue weighted by molar-refractivity contribution is -0.0368. The van der Waals surface area contributed by atoms with E-state index in [1.165, 1.54) is 5.56 Å². The maximum absolute atomic E-state index is 13.1. The Morgan fingerprint density at radius 3 is 2.64 bits per heavy atom. The summed E-state index contributed by atoms with van der Waals surface area (Å²) in [5.74, 6) is 1.40. The minimum absolute atomic E-state index is 0.158. The Morgan fingerprint density at radius 1 is 1.06 bits per heavy atom. The van der Waals surface area contributed by atoms with E-state index in [0.29, 0.717) is 42.4 Å². The van der Waals surface area contributed by atoms with Crippen LogP contribution in [0.2, 0.25) is 0 Å². The molecule has 3 aromatic heterocycles. The van der Waals surface area contributed by atoms with Gasteiger partial charge in [-0.05, 0) is 102 Å². The molecule has 6 heterocycles. The van der Waals surface area contributed by atoms with E-state index in [0.717, 1.165) is 80.7 Å². The summed E-state index contributed by atoms with van der Waals surface area (Å²) in [6, 6.07) is 12.3. The van der Waals surface area contributed by atoms with Crippen molar-refractivity contribution < 1.29 is 19.4 Å². The molecule has 4 aliphatic rings. The van der Waals surface area contributed by atoms with Gasteiger partial charge in [0.15, 0.2) is 29.0 Å². The fourth-order valence-corrected chi connectivity index (χ4v) is 8.44. The van der Waals surface area contributed by atoms with E-state index in [1.54, 1.807) is 6.92 Å². The van der Waals surface area contributed by atoms with Crippen LogP contribution in [0.25, 0.3) is 11.2 Å². The second-order valence-corrected chi connectivity index (χ2v) is 15.4. The third-order valence-electron chi connectivity index (χ3n) is 10.8. The lowest BCUT2D eigenvalue weighted by Gasteiger charge is -2.44.